The van der Waals surface area contributed by atoms with Crippen molar-refractivity contribution in [3.8, 4) is 5.75 Å². The van der Waals surface area contributed by atoms with Crippen LogP contribution < -0.4 is 10.1 Å². The molecule has 0 radical (unpaired) electrons. The molecule has 0 aliphatic heterocycles. The Balaban J connectivity index is 2.24. The number of carbonyl (C=O) groups excluding carboxylic acids is 1. The molecule has 1 N–H and O–H groups in total. The van der Waals surface area contributed by atoms with E-state index in [1.165, 1.54) is 0 Å². The number of benzene rings is 2. The highest BCUT2D eigenvalue weighted by atomic mass is 16.5. The maximum atomic E-state index is 12.0. The van der Waals surface area contributed by atoms with Gasteiger partial charge < -0.3 is 10.1 Å². The third kappa shape index (κ3) is 3.32. The molecule has 0 amide bonds. The van der Waals surface area contributed by atoms with Crippen molar-refractivity contribution in [2.45, 2.75) is 19.9 Å². The zero-order valence-electron chi connectivity index (χ0n) is 11.6. The first-order chi connectivity index (χ1) is 9.10. The highest BCUT2D eigenvalue weighted by Gasteiger charge is 2.07. The van der Waals surface area contributed by atoms with E-state index >= 15 is 0 Å². The van der Waals surface area contributed by atoms with Crippen LogP contribution in [0.15, 0.2) is 36.4 Å². The highest BCUT2D eigenvalue weighted by Crippen LogP contribution is 2.21. The normalized spacial score (nSPS) is 10.9. The molecule has 3 nitrogen and oxygen atoms in total. The molecule has 0 atom stereocenters. The molecule has 0 aliphatic rings. The van der Waals surface area contributed by atoms with Crippen LogP contribution in [0.3, 0.4) is 0 Å². The van der Waals surface area contributed by atoms with Gasteiger partial charge in [0, 0.05) is 11.6 Å². The predicted molar refractivity (Wildman–Crippen MR) is 78.0 cm³/mol. The van der Waals surface area contributed by atoms with Crippen molar-refractivity contribution in [3.63, 3.8) is 0 Å². The molecule has 0 saturated heterocycles. The number of methoxy groups -OCH3 is 1. The van der Waals surface area contributed by atoms with Crippen LogP contribution in [-0.2, 0) is 0 Å². The van der Waals surface area contributed by atoms with Crippen LogP contribution in [0, 0.1) is 0 Å². The second-order valence-corrected chi connectivity index (χ2v) is 4.89. The van der Waals surface area contributed by atoms with Crippen LogP contribution in [0.1, 0.15) is 24.2 Å². The number of ether oxygens (including phenoxy) is 1. The van der Waals surface area contributed by atoms with E-state index < -0.39 is 0 Å². The van der Waals surface area contributed by atoms with Crippen molar-refractivity contribution in [2.75, 3.05) is 13.7 Å². The molecule has 0 unspecified atom stereocenters. The van der Waals surface area contributed by atoms with Crippen molar-refractivity contribution in [1.82, 2.24) is 5.32 Å². The Hall–Kier alpha value is -1.87. The summed E-state index contributed by atoms with van der Waals surface area (Å²) in [6.07, 6.45) is 0. The fraction of sp³-hybridized carbons (Fsp3) is 0.312. The molecule has 0 aromatic heterocycles. The van der Waals surface area contributed by atoms with Gasteiger partial charge in [0.1, 0.15) is 5.75 Å². The van der Waals surface area contributed by atoms with Crippen molar-refractivity contribution in [3.05, 3.63) is 42.0 Å². The number of Topliss-reactive ketones (excluding diaryl/α,β-unsaturated/α-hetero) is 1. The minimum Gasteiger partial charge on any atom is -0.497 e. The molecule has 19 heavy (non-hydrogen) atoms. The molecule has 0 aliphatic carbocycles. The summed E-state index contributed by atoms with van der Waals surface area (Å²) in [5.41, 5.74) is 0.741. The summed E-state index contributed by atoms with van der Waals surface area (Å²) in [7, 11) is 1.65. The lowest BCUT2D eigenvalue weighted by atomic mass is 10.0. The van der Waals surface area contributed by atoms with Crippen LogP contribution in [-0.4, -0.2) is 25.5 Å². The molecular formula is C16H19NO2. The lowest BCUT2D eigenvalue weighted by Gasteiger charge is -2.08. The van der Waals surface area contributed by atoms with Gasteiger partial charge in [-0.2, -0.15) is 0 Å². The average molecular weight is 257 g/mol. The molecule has 0 fully saturated rings. The Labute approximate surface area is 113 Å². The molecule has 0 bridgehead atoms. The molecule has 3 heteroatoms. The highest BCUT2D eigenvalue weighted by molar-refractivity contribution is 6.01. The maximum absolute atomic E-state index is 12.0. The molecule has 0 heterocycles. The zero-order chi connectivity index (χ0) is 13.8. The number of rotatable bonds is 5. The first-order valence-electron chi connectivity index (χ1n) is 6.44. The topological polar surface area (TPSA) is 38.3 Å². The standard InChI is InChI=1S/C16H19NO2/c1-11(2)17-10-16(18)14-5-4-13-9-15(19-3)7-6-12(13)8-14/h4-9,11,17H,10H2,1-3H3. The van der Waals surface area contributed by atoms with Gasteiger partial charge in [-0.1, -0.05) is 32.0 Å². The van der Waals surface area contributed by atoms with Crippen LogP contribution >= 0.6 is 0 Å². The van der Waals surface area contributed by atoms with E-state index in [9.17, 15) is 4.79 Å². The SMILES string of the molecule is COc1ccc2cc(C(=O)CNC(C)C)ccc2c1. The lowest BCUT2D eigenvalue weighted by Crippen LogP contribution is -2.29. The quantitative estimate of drug-likeness (QED) is 0.837. The van der Waals surface area contributed by atoms with E-state index in [2.05, 4.69) is 5.32 Å². The third-order valence-corrected chi connectivity index (χ3v) is 3.04. The molecule has 100 valence electrons. The van der Waals surface area contributed by atoms with Crippen LogP contribution in [0.25, 0.3) is 10.8 Å². The Morgan fingerprint density at radius 1 is 1.16 bits per heavy atom. The van der Waals surface area contributed by atoms with Gasteiger partial charge in [0.2, 0.25) is 0 Å². The summed E-state index contributed by atoms with van der Waals surface area (Å²) in [5, 5.41) is 5.27. The molecule has 2 aromatic carbocycles. The van der Waals surface area contributed by atoms with E-state index in [0.717, 1.165) is 22.1 Å². The summed E-state index contributed by atoms with van der Waals surface area (Å²) >= 11 is 0. The summed E-state index contributed by atoms with van der Waals surface area (Å²) in [5.74, 6) is 0.944. The summed E-state index contributed by atoms with van der Waals surface area (Å²) in [6.45, 7) is 4.43. The van der Waals surface area contributed by atoms with Gasteiger partial charge in [-0.15, -0.1) is 0 Å². The number of fused-ring (bicyclic) bond motifs is 1. The second kappa shape index (κ2) is 5.85. The number of ketones is 1. The van der Waals surface area contributed by atoms with Gasteiger partial charge >= 0.3 is 0 Å². The minimum absolute atomic E-state index is 0.117. The van der Waals surface area contributed by atoms with Gasteiger partial charge in [0.25, 0.3) is 0 Å². The maximum Gasteiger partial charge on any atom is 0.176 e. The molecule has 2 aromatic rings. The Kier molecular flexibility index (Phi) is 4.17. The van der Waals surface area contributed by atoms with Gasteiger partial charge in [-0.3, -0.25) is 4.79 Å². The van der Waals surface area contributed by atoms with Gasteiger partial charge in [0.05, 0.1) is 13.7 Å². The minimum atomic E-state index is 0.117. The van der Waals surface area contributed by atoms with E-state index in [1.54, 1.807) is 7.11 Å². The van der Waals surface area contributed by atoms with Crippen LogP contribution in [0.5, 0.6) is 5.75 Å². The van der Waals surface area contributed by atoms with Crippen molar-refractivity contribution in [1.29, 1.82) is 0 Å². The Morgan fingerprint density at radius 3 is 2.53 bits per heavy atom. The van der Waals surface area contributed by atoms with E-state index in [0.29, 0.717) is 12.6 Å². The molecule has 0 saturated carbocycles. The average Bonchev–Trinajstić information content (AvgIpc) is 2.43. The Morgan fingerprint density at radius 2 is 1.84 bits per heavy atom. The van der Waals surface area contributed by atoms with Crippen molar-refractivity contribution >= 4 is 16.6 Å². The van der Waals surface area contributed by atoms with Crippen LogP contribution in [0.2, 0.25) is 0 Å². The Bertz CT molecular complexity index is 590. The second-order valence-electron chi connectivity index (χ2n) is 4.89. The van der Waals surface area contributed by atoms with Gasteiger partial charge in [0.15, 0.2) is 5.78 Å². The van der Waals surface area contributed by atoms with E-state index in [-0.39, 0.29) is 5.78 Å². The number of nitrogens with one attached hydrogen (secondary N) is 1. The zero-order valence-corrected chi connectivity index (χ0v) is 11.6. The summed E-state index contributed by atoms with van der Waals surface area (Å²) in [6, 6.07) is 11.9. The largest absolute Gasteiger partial charge is 0.497 e. The van der Waals surface area contributed by atoms with Crippen molar-refractivity contribution in [2.24, 2.45) is 0 Å². The number of hydrogen-bond donors (Lipinski definition) is 1. The van der Waals surface area contributed by atoms with Gasteiger partial charge in [-0.25, -0.2) is 0 Å². The first-order valence-corrected chi connectivity index (χ1v) is 6.44. The van der Waals surface area contributed by atoms with Crippen molar-refractivity contribution < 1.29 is 9.53 Å². The third-order valence-electron chi connectivity index (χ3n) is 3.04. The van der Waals surface area contributed by atoms with Gasteiger partial charge in [-0.05, 0) is 29.0 Å². The molecular weight excluding hydrogens is 238 g/mol. The summed E-state index contributed by atoms with van der Waals surface area (Å²) in [4.78, 5) is 12.0. The molecule has 2 rings (SSSR count). The van der Waals surface area contributed by atoms with Crippen LogP contribution in [0.4, 0.5) is 0 Å². The monoisotopic (exact) mass is 257 g/mol. The fourth-order valence-electron chi connectivity index (χ4n) is 1.92. The summed E-state index contributed by atoms with van der Waals surface area (Å²) < 4.78 is 5.19. The molecule has 0 spiro atoms. The predicted octanol–water partition coefficient (Wildman–Crippen LogP) is 3.03. The smallest absolute Gasteiger partial charge is 0.176 e. The lowest BCUT2D eigenvalue weighted by molar-refractivity contribution is 0.0988. The van der Waals surface area contributed by atoms with E-state index in [4.69, 9.17) is 4.74 Å². The number of hydrogen-bond acceptors (Lipinski definition) is 3. The first kappa shape index (κ1) is 13.6. The number of carbonyl (C=O) groups is 1. The fourth-order valence-corrected chi connectivity index (χ4v) is 1.92. The van der Waals surface area contributed by atoms with E-state index in [1.807, 2.05) is 50.2 Å².